The molecule has 0 aromatic heterocycles. The van der Waals surface area contributed by atoms with Gasteiger partial charge >= 0.3 is 0 Å². The Balaban J connectivity index is 1.96. The van der Waals surface area contributed by atoms with Gasteiger partial charge in [-0.1, -0.05) is 18.2 Å². The molecule has 0 fully saturated rings. The number of ether oxygens (including phenoxy) is 1. The fourth-order valence-corrected chi connectivity index (χ4v) is 1.53. The van der Waals surface area contributed by atoms with Crippen molar-refractivity contribution in [2.75, 3.05) is 7.11 Å². The molecule has 2 nitrogen and oxygen atoms in total. The van der Waals surface area contributed by atoms with Crippen LogP contribution in [0.4, 0.5) is 10.1 Å². The highest BCUT2D eigenvalue weighted by atomic mass is 19.1. The van der Waals surface area contributed by atoms with E-state index < -0.39 is 0 Å². The Labute approximate surface area is 111 Å². The lowest BCUT2D eigenvalue weighted by atomic mass is 10.2. The highest BCUT2D eigenvalue weighted by Crippen LogP contribution is 2.17. The predicted octanol–water partition coefficient (Wildman–Crippen LogP) is 4.25. The van der Waals surface area contributed by atoms with Crippen molar-refractivity contribution >= 4 is 18.0 Å². The van der Waals surface area contributed by atoms with E-state index in [1.807, 2.05) is 36.4 Å². The second-order valence-corrected chi connectivity index (χ2v) is 3.89. The number of benzene rings is 2. The maximum atomic E-state index is 12.7. The Morgan fingerprint density at radius 3 is 2.32 bits per heavy atom. The third-order valence-corrected chi connectivity index (χ3v) is 2.54. The van der Waals surface area contributed by atoms with Gasteiger partial charge in [0.2, 0.25) is 0 Å². The number of hydrogen-bond acceptors (Lipinski definition) is 2. The van der Waals surface area contributed by atoms with E-state index in [1.165, 1.54) is 12.1 Å². The molecule has 0 spiro atoms. The SMILES string of the molecule is COc1ccc(/N=C/C=C/c2ccc(F)cc2)cc1. The molecule has 19 heavy (non-hydrogen) atoms. The van der Waals surface area contributed by atoms with Crippen molar-refractivity contribution in [3.8, 4) is 5.75 Å². The summed E-state index contributed by atoms with van der Waals surface area (Å²) in [5.74, 6) is 0.574. The van der Waals surface area contributed by atoms with E-state index >= 15 is 0 Å². The van der Waals surface area contributed by atoms with E-state index in [2.05, 4.69) is 4.99 Å². The highest BCUT2D eigenvalue weighted by Gasteiger charge is 1.90. The van der Waals surface area contributed by atoms with Crippen LogP contribution in [0.3, 0.4) is 0 Å². The Morgan fingerprint density at radius 1 is 1.00 bits per heavy atom. The quantitative estimate of drug-likeness (QED) is 0.748. The minimum Gasteiger partial charge on any atom is -0.497 e. The van der Waals surface area contributed by atoms with Crippen molar-refractivity contribution < 1.29 is 9.13 Å². The summed E-state index contributed by atoms with van der Waals surface area (Å²) in [6.07, 6.45) is 5.38. The molecule has 0 amide bonds. The summed E-state index contributed by atoms with van der Waals surface area (Å²) >= 11 is 0. The maximum Gasteiger partial charge on any atom is 0.123 e. The Bertz CT molecular complexity index is 571. The zero-order valence-electron chi connectivity index (χ0n) is 10.6. The number of allylic oxidation sites excluding steroid dienone is 1. The summed E-state index contributed by atoms with van der Waals surface area (Å²) in [5, 5.41) is 0. The van der Waals surface area contributed by atoms with Crippen LogP contribution in [0.1, 0.15) is 5.56 Å². The first-order valence-corrected chi connectivity index (χ1v) is 5.88. The third-order valence-electron chi connectivity index (χ3n) is 2.54. The van der Waals surface area contributed by atoms with Gasteiger partial charge in [0.25, 0.3) is 0 Å². The van der Waals surface area contributed by atoms with Crippen molar-refractivity contribution in [2.24, 2.45) is 4.99 Å². The van der Waals surface area contributed by atoms with E-state index in [1.54, 1.807) is 25.5 Å². The molecule has 0 saturated heterocycles. The van der Waals surface area contributed by atoms with Crippen LogP contribution < -0.4 is 4.74 Å². The van der Waals surface area contributed by atoms with E-state index in [0.717, 1.165) is 17.0 Å². The van der Waals surface area contributed by atoms with Crippen LogP contribution >= 0.6 is 0 Å². The first kappa shape index (κ1) is 13.0. The minimum absolute atomic E-state index is 0.232. The van der Waals surface area contributed by atoms with Crippen molar-refractivity contribution in [2.45, 2.75) is 0 Å². The lowest BCUT2D eigenvalue weighted by Gasteiger charge is -1.98. The van der Waals surface area contributed by atoms with Gasteiger partial charge in [-0.3, -0.25) is 4.99 Å². The van der Waals surface area contributed by atoms with E-state index in [9.17, 15) is 4.39 Å². The van der Waals surface area contributed by atoms with Crippen molar-refractivity contribution in [1.29, 1.82) is 0 Å². The first-order chi connectivity index (χ1) is 9.28. The summed E-state index contributed by atoms with van der Waals surface area (Å²) in [4.78, 5) is 4.27. The molecule has 0 aliphatic heterocycles. The zero-order chi connectivity index (χ0) is 13.5. The molecule has 0 heterocycles. The summed E-state index contributed by atoms with van der Waals surface area (Å²) in [7, 11) is 1.63. The molecule has 0 saturated carbocycles. The monoisotopic (exact) mass is 255 g/mol. The van der Waals surface area contributed by atoms with Gasteiger partial charge in [0, 0.05) is 6.21 Å². The molecule has 0 aliphatic rings. The third kappa shape index (κ3) is 4.07. The topological polar surface area (TPSA) is 21.6 Å². The van der Waals surface area contributed by atoms with Crippen molar-refractivity contribution in [1.82, 2.24) is 0 Å². The Hall–Kier alpha value is -2.42. The van der Waals surface area contributed by atoms with Crippen LogP contribution in [0.15, 0.2) is 59.6 Å². The van der Waals surface area contributed by atoms with Gasteiger partial charge in [-0.25, -0.2) is 4.39 Å². The Morgan fingerprint density at radius 2 is 1.68 bits per heavy atom. The first-order valence-electron chi connectivity index (χ1n) is 5.88. The predicted molar refractivity (Wildman–Crippen MR) is 76.6 cm³/mol. The molecule has 2 aromatic rings. The second kappa shape index (κ2) is 6.50. The van der Waals surface area contributed by atoms with Gasteiger partial charge in [-0.15, -0.1) is 0 Å². The lowest BCUT2D eigenvalue weighted by Crippen LogP contribution is -1.79. The van der Waals surface area contributed by atoms with Crippen molar-refractivity contribution in [3.05, 3.63) is 66.0 Å². The molecule has 2 rings (SSSR count). The number of methoxy groups -OCH3 is 1. The van der Waals surface area contributed by atoms with Gasteiger partial charge in [-0.2, -0.15) is 0 Å². The van der Waals surface area contributed by atoms with Gasteiger partial charge in [0.05, 0.1) is 12.8 Å². The second-order valence-electron chi connectivity index (χ2n) is 3.89. The average molecular weight is 255 g/mol. The lowest BCUT2D eigenvalue weighted by molar-refractivity contribution is 0.415. The van der Waals surface area contributed by atoms with Crippen molar-refractivity contribution in [3.63, 3.8) is 0 Å². The summed E-state index contributed by atoms with van der Waals surface area (Å²) < 4.78 is 17.8. The average Bonchev–Trinajstić information content (AvgIpc) is 2.46. The van der Waals surface area contributed by atoms with Crippen LogP contribution in [-0.4, -0.2) is 13.3 Å². The normalized spacial score (nSPS) is 11.3. The largest absolute Gasteiger partial charge is 0.497 e. The van der Waals surface area contributed by atoms with E-state index in [0.29, 0.717) is 0 Å². The molecule has 0 N–H and O–H groups in total. The fraction of sp³-hybridized carbons (Fsp3) is 0.0625. The summed E-state index contributed by atoms with van der Waals surface area (Å²) in [6, 6.07) is 13.8. The fourth-order valence-electron chi connectivity index (χ4n) is 1.53. The highest BCUT2D eigenvalue weighted by molar-refractivity contribution is 5.80. The molecule has 0 bridgehead atoms. The number of nitrogens with zero attached hydrogens (tertiary/aromatic N) is 1. The number of aliphatic imine (C=N–C) groups is 1. The number of rotatable bonds is 4. The van der Waals surface area contributed by atoms with Crippen LogP contribution in [0, 0.1) is 5.82 Å². The molecule has 0 aliphatic carbocycles. The molecular weight excluding hydrogens is 241 g/mol. The van der Waals surface area contributed by atoms with Crippen LogP contribution in [0.2, 0.25) is 0 Å². The molecule has 3 heteroatoms. The summed E-state index contributed by atoms with van der Waals surface area (Å²) in [5.41, 5.74) is 1.78. The van der Waals surface area contributed by atoms with Crippen LogP contribution in [-0.2, 0) is 0 Å². The van der Waals surface area contributed by atoms with Crippen LogP contribution in [0.25, 0.3) is 6.08 Å². The van der Waals surface area contributed by atoms with Gasteiger partial charge in [0.15, 0.2) is 0 Å². The summed E-state index contributed by atoms with van der Waals surface area (Å²) in [6.45, 7) is 0. The number of hydrogen-bond donors (Lipinski definition) is 0. The van der Waals surface area contributed by atoms with Gasteiger partial charge in [-0.05, 0) is 48.0 Å². The molecular formula is C16H14FNO. The van der Waals surface area contributed by atoms with Gasteiger partial charge in [0.1, 0.15) is 11.6 Å². The van der Waals surface area contributed by atoms with Crippen LogP contribution in [0.5, 0.6) is 5.75 Å². The molecule has 0 unspecified atom stereocenters. The zero-order valence-corrected chi connectivity index (χ0v) is 10.6. The molecule has 2 aromatic carbocycles. The minimum atomic E-state index is -0.232. The standard InChI is InChI=1S/C16H14FNO/c1-19-16-10-8-15(9-11-16)18-12-2-3-13-4-6-14(17)7-5-13/h2-12H,1H3/b3-2+,18-12+. The molecule has 0 atom stereocenters. The van der Waals surface area contributed by atoms with E-state index in [-0.39, 0.29) is 5.82 Å². The smallest absolute Gasteiger partial charge is 0.123 e. The Kier molecular flexibility index (Phi) is 4.45. The molecule has 0 radical (unpaired) electrons. The number of halogens is 1. The molecule has 96 valence electrons. The van der Waals surface area contributed by atoms with E-state index in [4.69, 9.17) is 4.74 Å². The maximum absolute atomic E-state index is 12.7. The van der Waals surface area contributed by atoms with Gasteiger partial charge < -0.3 is 4.74 Å².